The number of carbonyl (C=O) groups is 3. The fourth-order valence-corrected chi connectivity index (χ4v) is 3.65. The first-order valence-electron chi connectivity index (χ1n) is 9.66. The predicted molar refractivity (Wildman–Crippen MR) is 104 cm³/mol. The molecule has 1 unspecified atom stereocenters. The Morgan fingerprint density at radius 1 is 1.21 bits per heavy atom. The summed E-state index contributed by atoms with van der Waals surface area (Å²) in [5.74, 6) is -0.430. The third-order valence-electron chi connectivity index (χ3n) is 5.22. The number of nitrogens with one attached hydrogen (secondary N) is 1. The predicted octanol–water partition coefficient (Wildman–Crippen LogP) is 2.07. The number of Topliss-reactive ketones (excluding diaryl/α,β-unsaturated/α-hetero) is 1. The van der Waals surface area contributed by atoms with Crippen LogP contribution in [0.5, 0.6) is 0 Å². The van der Waals surface area contributed by atoms with E-state index < -0.39 is 11.9 Å². The average molecular weight is 390 g/mol. The second-order valence-electron chi connectivity index (χ2n) is 7.87. The topological polar surface area (TPSA) is 73.0 Å². The van der Waals surface area contributed by atoms with Crippen molar-refractivity contribution in [3.8, 4) is 0 Å². The van der Waals surface area contributed by atoms with Crippen molar-refractivity contribution in [3.05, 3.63) is 29.6 Å². The summed E-state index contributed by atoms with van der Waals surface area (Å²) in [6.45, 7) is 8.07. The second-order valence-corrected chi connectivity index (χ2v) is 7.87. The summed E-state index contributed by atoms with van der Waals surface area (Å²) in [6.07, 6.45) is 0.629. The molecule has 3 amide bonds. The summed E-state index contributed by atoms with van der Waals surface area (Å²) in [5, 5.41) is 2.75. The Kier molecular flexibility index (Phi) is 5.98. The van der Waals surface area contributed by atoms with Gasteiger partial charge >= 0.3 is 6.03 Å². The molecule has 8 heteroatoms. The van der Waals surface area contributed by atoms with E-state index in [9.17, 15) is 18.8 Å². The van der Waals surface area contributed by atoms with Crippen LogP contribution < -0.4 is 10.2 Å². The van der Waals surface area contributed by atoms with Gasteiger partial charge in [0.05, 0.1) is 12.4 Å². The molecule has 1 aromatic rings. The fraction of sp³-hybridized carbons (Fsp3) is 0.550. The summed E-state index contributed by atoms with van der Waals surface area (Å²) < 4.78 is 14.4. The standard InChI is InChI=1S/C20H27FN4O3/c1-13(2)10-17-19(27)25(20(28)22-17)12-23-6-8-24(9-7-23)18-5-4-15(14(3)26)11-16(18)21/h4-5,11,13,17H,6-10,12H2,1-3H3,(H,22,28). The lowest BCUT2D eigenvalue weighted by Gasteiger charge is -2.37. The number of imide groups is 1. The van der Waals surface area contributed by atoms with Gasteiger partial charge in [-0.1, -0.05) is 13.8 Å². The van der Waals surface area contributed by atoms with Crippen molar-refractivity contribution >= 4 is 23.4 Å². The van der Waals surface area contributed by atoms with Crippen LogP contribution in [-0.4, -0.2) is 66.4 Å². The fourth-order valence-electron chi connectivity index (χ4n) is 3.65. The van der Waals surface area contributed by atoms with Gasteiger partial charge < -0.3 is 10.2 Å². The molecule has 0 saturated carbocycles. The lowest BCUT2D eigenvalue weighted by molar-refractivity contribution is -0.129. The Morgan fingerprint density at radius 3 is 2.46 bits per heavy atom. The molecule has 0 aliphatic carbocycles. The number of amides is 3. The average Bonchev–Trinajstić information content (AvgIpc) is 2.89. The van der Waals surface area contributed by atoms with Crippen LogP contribution in [0.2, 0.25) is 0 Å². The second kappa shape index (κ2) is 8.26. The monoisotopic (exact) mass is 390 g/mol. The number of nitrogens with zero attached hydrogens (tertiary/aromatic N) is 3. The van der Waals surface area contributed by atoms with Crippen LogP contribution in [0.15, 0.2) is 18.2 Å². The van der Waals surface area contributed by atoms with Gasteiger partial charge in [-0.2, -0.15) is 0 Å². The van der Waals surface area contributed by atoms with Gasteiger partial charge in [0.2, 0.25) is 0 Å². The van der Waals surface area contributed by atoms with Crippen molar-refractivity contribution in [2.24, 2.45) is 5.92 Å². The minimum Gasteiger partial charge on any atom is -0.367 e. The molecule has 2 saturated heterocycles. The number of urea groups is 1. The van der Waals surface area contributed by atoms with Crippen LogP contribution in [-0.2, 0) is 4.79 Å². The molecule has 3 rings (SSSR count). The van der Waals surface area contributed by atoms with Crippen molar-refractivity contribution in [3.63, 3.8) is 0 Å². The van der Waals surface area contributed by atoms with Crippen LogP contribution in [0.1, 0.15) is 37.6 Å². The van der Waals surface area contributed by atoms with Gasteiger partial charge in [0.25, 0.3) is 5.91 Å². The molecule has 1 atom stereocenters. The molecule has 2 fully saturated rings. The van der Waals surface area contributed by atoms with E-state index in [-0.39, 0.29) is 24.4 Å². The molecule has 0 aromatic heterocycles. The van der Waals surface area contributed by atoms with E-state index in [0.717, 1.165) is 0 Å². The molecule has 7 nitrogen and oxygen atoms in total. The highest BCUT2D eigenvalue weighted by atomic mass is 19.1. The first-order chi connectivity index (χ1) is 13.3. The zero-order valence-corrected chi connectivity index (χ0v) is 16.6. The largest absolute Gasteiger partial charge is 0.367 e. The van der Waals surface area contributed by atoms with Gasteiger partial charge in [-0.3, -0.25) is 14.5 Å². The van der Waals surface area contributed by atoms with Crippen molar-refractivity contribution in [1.82, 2.24) is 15.1 Å². The van der Waals surface area contributed by atoms with Crippen molar-refractivity contribution in [2.75, 3.05) is 37.7 Å². The Hall–Kier alpha value is -2.48. The van der Waals surface area contributed by atoms with Crippen molar-refractivity contribution in [2.45, 2.75) is 33.2 Å². The highest BCUT2D eigenvalue weighted by Gasteiger charge is 2.39. The number of benzene rings is 1. The summed E-state index contributed by atoms with van der Waals surface area (Å²) in [5.41, 5.74) is 0.825. The van der Waals surface area contributed by atoms with Crippen molar-refractivity contribution in [1.29, 1.82) is 0 Å². The number of halogens is 1. The number of piperazine rings is 1. The molecule has 0 spiro atoms. The molecule has 28 heavy (non-hydrogen) atoms. The van der Waals surface area contributed by atoms with Crippen LogP contribution in [0.25, 0.3) is 0 Å². The lowest BCUT2D eigenvalue weighted by atomic mass is 10.0. The van der Waals surface area contributed by atoms with Gasteiger partial charge in [-0.15, -0.1) is 0 Å². The van der Waals surface area contributed by atoms with E-state index in [1.165, 1.54) is 17.9 Å². The van der Waals surface area contributed by atoms with E-state index in [1.807, 2.05) is 23.6 Å². The molecule has 2 aliphatic heterocycles. The maximum absolute atomic E-state index is 14.4. The van der Waals surface area contributed by atoms with Crippen LogP contribution in [0, 0.1) is 11.7 Å². The van der Waals surface area contributed by atoms with Gasteiger partial charge in [0, 0.05) is 31.7 Å². The molecule has 2 aliphatic rings. The summed E-state index contributed by atoms with van der Waals surface area (Å²) >= 11 is 0. The van der Waals surface area contributed by atoms with E-state index in [2.05, 4.69) is 5.32 Å². The summed E-state index contributed by atoms with van der Waals surface area (Å²) in [6, 6.07) is 3.75. The normalized spacial score (nSPS) is 20.8. The van der Waals surface area contributed by atoms with E-state index in [0.29, 0.717) is 49.8 Å². The Balaban J connectivity index is 1.57. The Bertz CT molecular complexity index is 775. The minimum absolute atomic E-state index is 0.167. The van der Waals surface area contributed by atoms with E-state index in [1.54, 1.807) is 12.1 Å². The maximum Gasteiger partial charge on any atom is 0.325 e. The molecule has 1 N–H and O–H groups in total. The molecular formula is C20H27FN4O3. The molecule has 1 aromatic carbocycles. The molecule has 152 valence electrons. The first kappa shape index (κ1) is 20.3. The van der Waals surface area contributed by atoms with Gasteiger partial charge in [0.15, 0.2) is 5.78 Å². The highest BCUT2D eigenvalue weighted by molar-refractivity contribution is 6.04. The molecule has 0 radical (unpaired) electrons. The smallest absolute Gasteiger partial charge is 0.325 e. The van der Waals surface area contributed by atoms with Crippen LogP contribution in [0.3, 0.4) is 0 Å². The Labute approximate surface area is 164 Å². The third-order valence-corrected chi connectivity index (χ3v) is 5.22. The maximum atomic E-state index is 14.4. The summed E-state index contributed by atoms with van der Waals surface area (Å²) in [4.78, 5) is 41.2. The van der Waals surface area contributed by atoms with Gasteiger partial charge in [-0.05, 0) is 37.5 Å². The quantitative estimate of drug-likeness (QED) is 0.595. The number of hydrogen-bond donors (Lipinski definition) is 1. The summed E-state index contributed by atoms with van der Waals surface area (Å²) in [7, 11) is 0. The third kappa shape index (κ3) is 4.32. The van der Waals surface area contributed by atoms with E-state index in [4.69, 9.17) is 0 Å². The van der Waals surface area contributed by atoms with Crippen LogP contribution >= 0.6 is 0 Å². The Morgan fingerprint density at radius 2 is 1.89 bits per heavy atom. The molecular weight excluding hydrogens is 363 g/mol. The minimum atomic E-state index is -0.442. The van der Waals surface area contributed by atoms with Gasteiger partial charge in [0.1, 0.15) is 11.9 Å². The van der Waals surface area contributed by atoms with Crippen LogP contribution in [0.4, 0.5) is 14.9 Å². The first-order valence-corrected chi connectivity index (χ1v) is 9.66. The molecule has 2 heterocycles. The number of hydrogen-bond acceptors (Lipinski definition) is 5. The number of ketones is 1. The van der Waals surface area contributed by atoms with Gasteiger partial charge in [-0.25, -0.2) is 14.1 Å². The SMILES string of the molecule is CC(=O)c1ccc(N2CCN(CN3C(=O)NC(CC(C)C)C3=O)CC2)c(F)c1. The zero-order chi connectivity index (χ0) is 20.4. The zero-order valence-electron chi connectivity index (χ0n) is 16.6. The van der Waals surface area contributed by atoms with E-state index >= 15 is 0 Å². The number of rotatable bonds is 6. The number of anilines is 1. The molecule has 0 bridgehead atoms. The lowest BCUT2D eigenvalue weighted by Crippen LogP contribution is -2.51. The van der Waals surface area contributed by atoms with Crippen molar-refractivity contribution < 1.29 is 18.8 Å². The number of carbonyl (C=O) groups excluding carboxylic acids is 3. The highest BCUT2D eigenvalue weighted by Crippen LogP contribution is 2.23.